The van der Waals surface area contributed by atoms with E-state index in [1.807, 2.05) is 0 Å². The van der Waals surface area contributed by atoms with Crippen LogP contribution in [0.15, 0.2) is 22.6 Å². The topological polar surface area (TPSA) is 35.8 Å². The predicted octanol–water partition coefficient (Wildman–Crippen LogP) is 1.79. The summed E-state index contributed by atoms with van der Waals surface area (Å²) in [5, 5.41) is 0. The van der Waals surface area contributed by atoms with Gasteiger partial charge in [0.1, 0.15) is 11.3 Å². The van der Waals surface area contributed by atoms with Crippen molar-refractivity contribution < 1.29 is 8.81 Å². The summed E-state index contributed by atoms with van der Waals surface area (Å²) in [6.45, 7) is 9.87. The van der Waals surface area contributed by atoms with Crippen molar-refractivity contribution in [3.8, 4) is 0 Å². The number of fused-ring (bicyclic) bond motifs is 1. The Bertz CT molecular complexity index is 659. The van der Waals surface area contributed by atoms with Crippen molar-refractivity contribution in [3.05, 3.63) is 24.0 Å². The predicted molar refractivity (Wildman–Crippen MR) is 83.7 cm³/mol. The molecule has 6 heteroatoms. The van der Waals surface area contributed by atoms with Crippen LogP contribution < -0.4 is 4.90 Å². The minimum absolute atomic E-state index is 0.275. The second kappa shape index (κ2) is 5.52. The van der Waals surface area contributed by atoms with Gasteiger partial charge < -0.3 is 14.2 Å². The van der Waals surface area contributed by atoms with E-state index in [9.17, 15) is 4.39 Å². The molecule has 0 saturated carbocycles. The first kappa shape index (κ1) is 14.0. The lowest BCUT2D eigenvalue weighted by Crippen LogP contribution is -2.63. The first-order chi connectivity index (χ1) is 10.7. The standard InChI is InChI=1S/C16H21FN4O/c1-2-19-5-7-20(8-6-19)13-10-21(11-13)16-18-14-9-12(17)3-4-15(14)22-16/h3-4,9,13H,2,5-8,10-11H2,1H3. The molecule has 3 heterocycles. The number of nitrogens with zero attached hydrogens (tertiary/aromatic N) is 4. The van der Waals surface area contributed by atoms with E-state index in [-0.39, 0.29) is 5.82 Å². The fourth-order valence-corrected chi connectivity index (χ4v) is 3.31. The van der Waals surface area contributed by atoms with Crippen LogP contribution in [0.5, 0.6) is 0 Å². The van der Waals surface area contributed by atoms with E-state index in [0.717, 1.165) is 45.8 Å². The molecule has 2 aliphatic rings. The number of likely N-dealkylation sites (N-methyl/N-ethyl adjacent to an activating group) is 1. The molecule has 1 aromatic heterocycles. The molecule has 4 rings (SSSR count). The molecule has 0 aliphatic carbocycles. The summed E-state index contributed by atoms with van der Waals surface area (Å²) in [5.74, 6) is -0.275. The lowest BCUT2D eigenvalue weighted by molar-refractivity contribution is 0.0846. The highest BCUT2D eigenvalue weighted by molar-refractivity contribution is 5.74. The third-order valence-corrected chi connectivity index (χ3v) is 4.84. The van der Waals surface area contributed by atoms with Crippen LogP contribution in [0.1, 0.15) is 6.92 Å². The summed E-state index contributed by atoms with van der Waals surface area (Å²) in [7, 11) is 0. The van der Waals surface area contributed by atoms with Gasteiger partial charge in [-0.1, -0.05) is 6.92 Å². The molecule has 0 N–H and O–H groups in total. The van der Waals surface area contributed by atoms with Crippen LogP contribution in [0.3, 0.4) is 0 Å². The second-order valence-electron chi connectivity index (χ2n) is 6.14. The third kappa shape index (κ3) is 2.46. The number of hydrogen-bond acceptors (Lipinski definition) is 5. The number of oxazole rings is 1. The van der Waals surface area contributed by atoms with Gasteiger partial charge in [-0.05, 0) is 18.7 Å². The third-order valence-electron chi connectivity index (χ3n) is 4.84. The van der Waals surface area contributed by atoms with Crippen molar-refractivity contribution >= 4 is 17.1 Å². The lowest BCUT2D eigenvalue weighted by Gasteiger charge is -2.47. The van der Waals surface area contributed by atoms with Crippen molar-refractivity contribution in [3.63, 3.8) is 0 Å². The highest BCUT2D eigenvalue weighted by atomic mass is 19.1. The Morgan fingerprint density at radius 2 is 2.00 bits per heavy atom. The average molecular weight is 304 g/mol. The molecule has 5 nitrogen and oxygen atoms in total. The van der Waals surface area contributed by atoms with E-state index < -0.39 is 0 Å². The van der Waals surface area contributed by atoms with Crippen molar-refractivity contribution in [1.82, 2.24) is 14.8 Å². The van der Waals surface area contributed by atoms with Gasteiger partial charge in [0.05, 0.1) is 0 Å². The normalized spacial score (nSPS) is 21.5. The maximum absolute atomic E-state index is 13.2. The largest absolute Gasteiger partial charge is 0.423 e. The minimum Gasteiger partial charge on any atom is -0.423 e. The summed E-state index contributed by atoms with van der Waals surface area (Å²) in [4.78, 5) is 11.6. The van der Waals surface area contributed by atoms with Crippen molar-refractivity contribution in [2.75, 3.05) is 50.7 Å². The van der Waals surface area contributed by atoms with Crippen LogP contribution in [0.25, 0.3) is 11.1 Å². The highest BCUT2D eigenvalue weighted by Crippen LogP contribution is 2.27. The van der Waals surface area contributed by atoms with Gasteiger partial charge in [0.2, 0.25) is 0 Å². The molecule has 2 fully saturated rings. The van der Waals surface area contributed by atoms with Crippen molar-refractivity contribution in [1.29, 1.82) is 0 Å². The van der Waals surface area contributed by atoms with Crippen LogP contribution in [0.4, 0.5) is 10.4 Å². The van der Waals surface area contributed by atoms with Crippen LogP contribution in [0.2, 0.25) is 0 Å². The maximum Gasteiger partial charge on any atom is 0.298 e. The zero-order valence-corrected chi connectivity index (χ0v) is 12.8. The lowest BCUT2D eigenvalue weighted by atomic mass is 10.1. The number of rotatable bonds is 3. The Labute approximate surface area is 129 Å². The molecule has 0 radical (unpaired) electrons. The fourth-order valence-electron chi connectivity index (χ4n) is 3.31. The van der Waals surface area contributed by atoms with E-state index in [1.54, 1.807) is 6.07 Å². The Morgan fingerprint density at radius 1 is 1.23 bits per heavy atom. The van der Waals surface area contributed by atoms with E-state index in [2.05, 4.69) is 26.6 Å². The van der Waals surface area contributed by atoms with Gasteiger partial charge in [0.15, 0.2) is 5.58 Å². The van der Waals surface area contributed by atoms with Crippen LogP contribution in [0, 0.1) is 5.82 Å². The molecule has 2 aliphatic heterocycles. The Morgan fingerprint density at radius 3 is 2.73 bits per heavy atom. The van der Waals surface area contributed by atoms with Gasteiger partial charge in [-0.15, -0.1) is 0 Å². The Hall–Kier alpha value is -1.66. The van der Waals surface area contributed by atoms with Gasteiger partial charge in [-0.25, -0.2) is 4.39 Å². The zero-order valence-electron chi connectivity index (χ0n) is 12.8. The van der Waals surface area contributed by atoms with Crippen molar-refractivity contribution in [2.24, 2.45) is 0 Å². The zero-order chi connectivity index (χ0) is 15.1. The summed E-state index contributed by atoms with van der Waals surface area (Å²) >= 11 is 0. The molecule has 2 saturated heterocycles. The van der Waals surface area contributed by atoms with Crippen LogP contribution in [-0.2, 0) is 0 Å². The number of aromatic nitrogens is 1. The quantitative estimate of drug-likeness (QED) is 0.864. The molecule has 0 bridgehead atoms. The van der Waals surface area contributed by atoms with E-state index in [1.165, 1.54) is 12.1 Å². The molecular weight excluding hydrogens is 283 g/mol. The summed E-state index contributed by atoms with van der Waals surface area (Å²) in [6.07, 6.45) is 0. The van der Waals surface area contributed by atoms with Gasteiger partial charge >= 0.3 is 0 Å². The molecule has 0 spiro atoms. The van der Waals surface area contributed by atoms with E-state index in [0.29, 0.717) is 23.2 Å². The Kier molecular flexibility index (Phi) is 3.50. The first-order valence-electron chi connectivity index (χ1n) is 8.00. The molecule has 1 aromatic carbocycles. The molecule has 2 aromatic rings. The van der Waals surface area contributed by atoms with Crippen LogP contribution in [-0.4, -0.2) is 66.6 Å². The summed E-state index contributed by atoms with van der Waals surface area (Å²) in [5.41, 5.74) is 1.24. The molecule has 0 atom stereocenters. The smallest absolute Gasteiger partial charge is 0.298 e. The van der Waals surface area contributed by atoms with Gasteiger partial charge in [-0.2, -0.15) is 4.98 Å². The summed E-state index contributed by atoms with van der Waals surface area (Å²) in [6, 6.07) is 5.67. The number of anilines is 1. The monoisotopic (exact) mass is 304 g/mol. The average Bonchev–Trinajstić information content (AvgIpc) is 2.89. The van der Waals surface area contributed by atoms with Gasteiger partial charge in [0.25, 0.3) is 6.01 Å². The molecule has 0 unspecified atom stereocenters. The minimum atomic E-state index is -0.275. The number of benzene rings is 1. The van der Waals surface area contributed by atoms with E-state index >= 15 is 0 Å². The second-order valence-corrected chi connectivity index (χ2v) is 6.14. The molecule has 118 valence electrons. The van der Waals surface area contributed by atoms with Gasteiger partial charge in [-0.3, -0.25) is 4.90 Å². The number of piperazine rings is 1. The molecular formula is C16H21FN4O. The van der Waals surface area contributed by atoms with Crippen molar-refractivity contribution in [2.45, 2.75) is 13.0 Å². The molecule has 22 heavy (non-hydrogen) atoms. The highest BCUT2D eigenvalue weighted by Gasteiger charge is 2.35. The number of halogens is 1. The molecule has 0 amide bonds. The van der Waals surface area contributed by atoms with Crippen LogP contribution >= 0.6 is 0 Å². The summed E-state index contributed by atoms with van der Waals surface area (Å²) < 4.78 is 18.9. The number of hydrogen-bond donors (Lipinski definition) is 0. The van der Waals surface area contributed by atoms with E-state index in [4.69, 9.17) is 4.42 Å². The first-order valence-corrected chi connectivity index (χ1v) is 8.00. The SMILES string of the molecule is CCN1CCN(C2CN(c3nc4cc(F)ccc4o3)C2)CC1. The Balaban J connectivity index is 1.38. The van der Waals surface area contributed by atoms with Gasteiger partial charge in [0, 0.05) is 51.4 Å². The maximum atomic E-state index is 13.2. The fraction of sp³-hybridized carbons (Fsp3) is 0.562.